The number of hydrogen-bond acceptors (Lipinski definition) is 2. The molecule has 1 heterocycles. The third kappa shape index (κ3) is 2.95. The zero-order valence-corrected chi connectivity index (χ0v) is 7.65. The Bertz CT molecular complexity index is 198. The minimum atomic E-state index is 0. The molecule has 1 aromatic rings. The number of halogens is 2. The minimum absolute atomic E-state index is 0. The monoisotopic (exact) mass is 193 g/mol. The third-order valence-corrected chi connectivity index (χ3v) is 1.47. The molecule has 11 heavy (non-hydrogen) atoms. The summed E-state index contributed by atoms with van der Waals surface area (Å²) in [5, 5.41) is 0. The molecule has 0 aromatic carbocycles. The van der Waals surface area contributed by atoms with E-state index in [1.807, 2.05) is 12.1 Å². The Labute approximate surface area is 77.0 Å². The first-order valence-corrected chi connectivity index (χ1v) is 3.45. The van der Waals surface area contributed by atoms with E-state index in [9.17, 15) is 0 Å². The number of aromatic nitrogens is 1. The van der Waals surface area contributed by atoms with E-state index in [4.69, 9.17) is 16.3 Å². The Morgan fingerprint density at radius 3 is 2.91 bits per heavy atom. The first-order chi connectivity index (χ1) is 4.86. The van der Waals surface area contributed by atoms with Gasteiger partial charge in [0.15, 0.2) is 0 Å². The number of rotatable bonds is 2. The molecule has 0 saturated carbocycles. The average molecular weight is 194 g/mol. The second kappa shape index (κ2) is 5.22. The van der Waals surface area contributed by atoms with Crippen LogP contribution in [0.25, 0.3) is 0 Å². The number of alkyl halides is 1. The summed E-state index contributed by atoms with van der Waals surface area (Å²) in [5.41, 5.74) is 1.02. The van der Waals surface area contributed by atoms with Crippen molar-refractivity contribution in [1.29, 1.82) is 0 Å². The van der Waals surface area contributed by atoms with E-state index in [1.165, 1.54) is 0 Å². The van der Waals surface area contributed by atoms with Crippen LogP contribution >= 0.6 is 24.0 Å². The molecule has 0 bridgehead atoms. The first kappa shape index (κ1) is 10.5. The molecule has 2 nitrogen and oxygen atoms in total. The van der Waals surface area contributed by atoms with Gasteiger partial charge in [0.1, 0.15) is 0 Å². The number of pyridine rings is 1. The number of ether oxygens (including phenoxy) is 1. The zero-order valence-electron chi connectivity index (χ0n) is 6.08. The van der Waals surface area contributed by atoms with Crippen molar-refractivity contribution in [3.63, 3.8) is 0 Å². The summed E-state index contributed by atoms with van der Waals surface area (Å²) < 4.78 is 4.89. The van der Waals surface area contributed by atoms with Crippen molar-refractivity contribution in [2.24, 2.45) is 0 Å². The predicted octanol–water partition coefficient (Wildman–Crippen LogP) is 2.25. The Morgan fingerprint density at radius 2 is 2.36 bits per heavy atom. The number of nitrogens with zero attached hydrogens (tertiary/aromatic N) is 1. The van der Waals surface area contributed by atoms with Crippen LogP contribution in [0.3, 0.4) is 0 Å². The Morgan fingerprint density at radius 1 is 1.64 bits per heavy atom. The fourth-order valence-corrected chi connectivity index (χ4v) is 0.811. The summed E-state index contributed by atoms with van der Waals surface area (Å²) in [5.74, 6) is 1.11. The molecule has 0 N–H and O–H groups in total. The van der Waals surface area contributed by atoms with E-state index >= 15 is 0 Å². The van der Waals surface area contributed by atoms with Gasteiger partial charge in [-0.3, -0.25) is 0 Å². The molecule has 0 saturated heterocycles. The second-order valence-corrected chi connectivity index (χ2v) is 2.11. The summed E-state index contributed by atoms with van der Waals surface area (Å²) in [7, 11) is 1.58. The summed E-state index contributed by atoms with van der Waals surface area (Å²) in [6.07, 6.45) is 1.68. The third-order valence-electron chi connectivity index (χ3n) is 1.16. The van der Waals surface area contributed by atoms with Gasteiger partial charge in [-0.1, -0.05) is 0 Å². The van der Waals surface area contributed by atoms with E-state index in [0.717, 1.165) is 5.56 Å². The van der Waals surface area contributed by atoms with Crippen LogP contribution in [0.4, 0.5) is 0 Å². The highest BCUT2D eigenvalue weighted by Gasteiger charge is 1.92. The highest BCUT2D eigenvalue weighted by Crippen LogP contribution is 2.09. The van der Waals surface area contributed by atoms with Gasteiger partial charge in [-0.05, 0) is 11.6 Å². The Kier molecular flexibility index (Phi) is 4.99. The molecule has 0 spiro atoms. The van der Waals surface area contributed by atoms with Gasteiger partial charge < -0.3 is 4.74 Å². The van der Waals surface area contributed by atoms with Crippen LogP contribution in [-0.2, 0) is 5.88 Å². The van der Waals surface area contributed by atoms with Crippen molar-refractivity contribution in [1.82, 2.24) is 4.98 Å². The van der Waals surface area contributed by atoms with Gasteiger partial charge >= 0.3 is 0 Å². The van der Waals surface area contributed by atoms with Gasteiger partial charge in [-0.25, -0.2) is 4.98 Å². The Hall–Kier alpha value is -0.470. The standard InChI is InChI=1S/C7H8ClNO.ClH/c1-10-7-4-6(5-8)2-3-9-7;/h2-4H,5H2,1H3;1H. The van der Waals surface area contributed by atoms with Gasteiger partial charge in [0, 0.05) is 18.1 Å². The van der Waals surface area contributed by atoms with Crippen LogP contribution in [0.1, 0.15) is 5.56 Å². The second-order valence-electron chi connectivity index (χ2n) is 1.84. The molecule has 0 radical (unpaired) electrons. The molecular formula is C7H9Cl2NO. The molecule has 0 aliphatic rings. The van der Waals surface area contributed by atoms with Crippen LogP contribution in [0.15, 0.2) is 18.3 Å². The normalized spacial score (nSPS) is 8.55. The van der Waals surface area contributed by atoms with Gasteiger partial charge in [0.05, 0.1) is 7.11 Å². The molecule has 0 amide bonds. The van der Waals surface area contributed by atoms with Gasteiger partial charge in [-0.15, -0.1) is 24.0 Å². The van der Waals surface area contributed by atoms with Crippen LogP contribution in [-0.4, -0.2) is 12.1 Å². The van der Waals surface area contributed by atoms with Gasteiger partial charge in [-0.2, -0.15) is 0 Å². The zero-order chi connectivity index (χ0) is 7.40. The minimum Gasteiger partial charge on any atom is -0.481 e. The van der Waals surface area contributed by atoms with Crippen molar-refractivity contribution in [3.8, 4) is 5.88 Å². The molecule has 1 rings (SSSR count). The Balaban J connectivity index is 0.000001000. The van der Waals surface area contributed by atoms with Gasteiger partial charge in [0.25, 0.3) is 0 Å². The van der Waals surface area contributed by atoms with Crippen LogP contribution in [0.5, 0.6) is 5.88 Å². The first-order valence-electron chi connectivity index (χ1n) is 2.91. The fourth-order valence-electron chi connectivity index (χ4n) is 0.645. The largest absolute Gasteiger partial charge is 0.481 e. The van der Waals surface area contributed by atoms with Crippen molar-refractivity contribution in [2.75, 3.05) is 7.11 Å². The maximum atomic E-state index is 5.57. The van der Waals surface area contributed by atoms with Crippen molar-refractivity contribution in [3.05, 3.63) is 23.9 Å². The highest BCUT2D eigenvalue weighted by atomic mass is 35.5. The summed E-state index contributed by atoms with van der Waals surface area (Å²) in [6.45, 7) is 0. The number of hydrogen-bond donors (Lipinski definition) is 0. The molecule has 1 aromatic heterocycles. The highest BCUT2D eigenvalue weighted by molar-refractivity contribution is 6.17. The maximum Gasteiger partial charge on any atom is 0.213 e. The lowest BCUT2D eigenvalue weighted by Gasteiger charge is -1.98. The van der Waals surface area contributed by atoms with Crippen molar-refractivity contribution < 1.29 is 4.74 Å². The quantitative estimate of drug-likeness (QED) is 0.673. The SMILES string of the molecule is COc1cc(CCl)ccn1.Cl. The fraction of sp³-hybridized carbons (Fsp3) is 0.286. The lowest BCUT2D eigenvalue weighted by molar-refractivity contribution is 0.397. The van der Waals surface area contributed by atoms with Crippen molar-refractivity contribution in [2.45, 2.75) is 5.88 Å². The van der Waals surface area contributed by atoms with E-state index < -0.39 is 0 Å². The average Bonchev–Trinajstić information content (AvgIpc) is 2.05. The molecule has 4 heteroatoms. The van der Waals surface area contributed by atoms with E-state index in [-0.39, 0.29) is 12.4 Å². The van der Waals surface area contributed by atoms with E-state index in [0.29, 0.717) is 11.8 Å². The smallest absolute Gasteiger partial charge is 0.213 e. The number of methoxy groups -OCH3 is 1. The summed E-state index contributed by atoms with van der Waals surface area (Å²) >= 11 is 5.57. The van der Waals surface area contributed by atoms with Crippen molar-refractivity contribution >= 4 is 24.0 Å². The predicted molar refractivity (Wildman–Crippen MR) is 47.6 cm³/mol. The topological polar surface area (TPSA) is 22.1 Å². The molecule has 0 fully saturated rings. The van der Waals surface area contributed by atoms with Crippen LogP contribution in [0.2, 0.25) is 0 Å². The molecule has 0 unspecified atom stereocenters. The van der Waals surface area contributed by atoms with E-state index in [2.05, 4.69) is 4.98 Å². The lowest BCUT2D eigenvalue weighted by atomic mass is 10.3. The molecule has 0 aliphatic carbocycles. The van der Waals surface area contributed by atoms with E-state index in [1.54, 1.807) is 13.3 Å². The molecule has 0 atom stereocenters. The van der Waals surface area contributed by atoms with Crippen LogP contribution in [0, 0.1) is 0 Å². The maximum absolute atomic E-state index is 5.57. The molecule has 62 valence electrons. The molecule has 0 aliphatic heterocycles. The van der Waals surface area contributed by atoms with Gasteiger partial charge in [0.2, 0.25) is 5.88 Å². The summed E-state index contributed by atoms with van der Waals surface area (Å²) in [6, 6.07) is 3.67. The van der Waals surface area contributed by atoms with Crippen LogP contribution < -0.4 is 4.74 Å². The lowest BCUT2D eigenvalue weighted by Crippen LogP contribution is -1.87. The molecular weight excluding hydrogens is 185 g/mol. The summed E-state index contributed by atoms with van der Waals surface area (Å²) in [4.78, 5) is 3.92.